The first-order valence-electron chi connectivity index (χ1n) is 6.95. The third-order valence-corrected chi connectivity index (χ3v) is 3.95. The van der Waals surface area contributed by atoms with Crippen LogP contribution in [0.1, 0.15) is 33.0 Å². The highest BCUT2D eigenvalue weighted by Crippen LogP contribution is 2.34. The second-order valence-corrected chi connectivity index (χ2v) is 5.35. The van der Waals surface area contributed by atoms with Gasteiger partial charge < -0.3 is 10.4 Å². The van der Waals surface area contributed by atoms with Gasteiger partial charge in [0.05, 0.1) is 5.56 Å². The quantitative estimate of drug-likeness (QED) is 0.888. The zero-order chi connectivity index (χ0) is 14.8. The molecule has 0 fully saturated rings. The van der Waals surface area contributed by atoms with E-state index in [1.807, 2.05) is 6.07 Å². The summed E-state index contributed by atoms with van der Waals surface area (Å²) in [4.78, 5) is 10.7. The Morgan fingerprint density at radius 1 is 1.29 bits per heavy atom. The molecule has 21 heavy (non-hydrogen) atoms. The Bertz CT molecular complexity index is 684. The SMILES string of the molecule is O=C(O)c1ccc(CNCC2Cc3ccccc32)cc1F. The van der Waals surface area contributed by atoms with E-state index in [4.69, 9.17) is 5.11 Å². The minimum absolute atomic E-state index is 0.285. The van der Waals surface area contributed by atoms with Gasteiger partial charge >= 0.3 is 5.97 Å². The molecule has 2 aromatic rings. The number of hydrogen-bond donors (Lipinski definition) is 2. The van der Waals surface area contributed by atoms with E-state index in [1.165, 1.54) is 23.3 Å². The maximum Gasteiger partial charge on any atom is 0.338 e. The van der Waals surface area contributed by atoms with Gasteiger partial charge in [-0.25, -0.2) is 9.18 Å². The van der Waals surface area contributed by atoms with Crippen LogP contribution in [0.2, 0.25) is 0 Å². The van der Waals surface area contributed by atoms with Crippen LogP contribution in [0.5, 0.6) is 0 Å². The maximum absolute atomic E-state index is 13.6. The third-order valence-electron chi connectivity index (χ3n) is 3.95. The maximum atomic E-state index is 13.6. The summed E-state index contributed by atoms with van der Waals surface area (Å²) in [7, 11) is 0. The fraction of sp³-hybridized carbons (Fsp3) is 0.235. The van der Waals surface area contributed by atoms with Gasteiger partial charge in [0, 0.05) is 19.0 Å². The molecule has 0 aliphatic heterocycles. The highest BCUT2D eigenvalue weighted by atomic mass is 19.1. The van der Waals surface area contributed by atoms with E-state index in [-0.39, 0.29) is 5.56 Å². The molecule has 2 aromatic carbocycles. The lowest BCUT2D eigenvalue weighted by molar-refractivity contribution is 0.0692. The molecule has 0 radical (unpaired) electrons. The summed E-state index contributed by atoms with van der Waals surface area (Å²) in [6.45, 7) is 1.38. The zero-order valence-electron chi connectivity index (χ0n) is 11.5. The highest BCUT2D eigenvalue weighted by molar-refractivity contribution is 5.87. The average Bonchev–Trinajstić information content (AvgIpc) is 2.43. The van der Waals surface area contributed by atoms with E-state index < -0.39 is 11.8 Å². The number of nitrogens with one attached hydrogen (secondary N) is 1. The number of hydrogen-bond acceptors (Lipinski definition) is 2. The molecule has 1 unspecified atom stereocenters. The van der Waals surface area contributed by atoms with Crippen molar-refractivity contribution < 1.29 is 14.3 Å². The molecule has 2 N–H and O–H groups in total. The second kappa shape index (κ2) is 5.66. The Balaban J connectivity index is 1.55. The van der Waals surface area contributed by atoms with Crippen molar-refractivity contribution in [3.8, 4) is 0 Å². The Morgan fingerprint density at radius 3 is 2.81 bits per heavy atom. The molecule has 0 heterocycles. The van der Waals surface area contributed by atoms with Crippen molar-refractivity contribution >= 4 is 5.97 Å². The molecule has 1 aliphatic carbocycles. The summed E-state index contributed by atoms with van der Waals surface area (Å²) in [5, 5.41) is 12.1. The molecule has 0 saturated carbocycles. The van der Waals surface area contributed by atoms with Crippen LogP contribution < -0.4 is 5.32 Å². The van der Waals surface area contributed by atoms with E-state index in [0.717, 1.165) is 18.5 Å². The van der Waals surface area contributed by atoms with Crippen molar-refractivity contribution in [2.45, 2.75) is 18.9 Å². The largest absolute Gasteiger partial charge is 0.478 e. The topological polar surface area (TPSA) is 49.3 Å². The van der Waals surface area contributed by atoms with Gasteiger partial charge in [0.2, 0.25) is 0 Å². The number of carbonyl (C=O) groups is 1. The van der Waals surface area contributed by atoms with Crippen LogP contribution in [-0.4, -0.2) is 17.6 Å². The molecule has 1 atom stereocenters. The molecule has 0 saturated heterocycles. The fourth-order valence-electron chi connectivity index (χ4n) is 2.78. The van der Waals surface area contributed by atoms with Gasteiger partial charge in [0.1, 0.15) is 5.82 Å². The van der Waals surface area contributed by atoms with Crippen LogP contribution in [0.4, 0.5) is 4.39 Å². The summed E-state index contributed by atoms with van der Waals surface area (Å²) in [6.07, 6.45) is 1.08. The van der Waals surface area contributed by atoms with Crippen LogP contribution in [0, 0.1) is 5.82 Å². The molecule has 0 spiro atoms. The lowest BCUT2D eigenvalue weighted by Gasteiger charge is -2.30. The third kappa shape index (κ3) is 2.81. The van der Waals surface area contributed by atoms with Gasteiger partial charge in [-0.15, -0.1) is 0 Å². The van der Waals surface area contributed by atoms with Crippen molar-refractivity contribution in [1.82, 2.24) is 5.32 Å². The van der Waals surface area contributed by atoms with Gasteiger partial charge in [-0.2, -0.15) is 0 Å². The second-order valence-electron chi connectivity index (χ2n) is 5.35. The van der Waals surface area contributed by atoms with Gasteiger partial charge in [-0.3, -0.25) is 0 Å². The van der Waals surface area contributed by atoms with Crippen molar-refractivity contribution in [3.05, 3.63) is 70.5 Å². The number of rotatable bonds is 5. The zero-order valence-corrected chi connectivity index (χ0v) is 11.5. The first-order valence-corrected chi connectivity index (χ1v) is 6.95. The molecule has 1 aliphatic rings. The molecule has 3 rings (SSSR count). The average molecular weight is 285 g/mol. The molecule has 108 valence electrons. The summed E-state index contributed by atoms with van der Waals surface area (Å²) in [5.41, 5.74) is 3.26. The molecular formula is C17H16FNO2. The van der Waals surface area contributed by atoms with Gasteiger partial charge in [0.15, 0.2) is 0 Å². The minimum Gasteiger partial charge on any atom is -0.478 e. The highest BCUT2D eigenvalue weighted by Gasteiger charge is 2.24. The number of aromatic carboxylic acids is 1. The summed E-state index contributed by atoms with van der Waals surface area (Å²) in [5.74, 6) is -1.40. The molecule has 0 bridgehead atoms. The number of halogens is 1. The summed E-state index contributed by atoms with van der Waals surface area (Å²) >= 11 is 0. The standard InChI is InChI=1S/C17H16FNO2/c18-16-7-11(5-6-15(16)17(20)21)9-19-10-13-8-12-3-1-2-4-14(12)13/h1-7,13,19H,8-10H2,(H,20,21). The van der Waals surface area contributed by atoms with Crippen molar-refractivity contribution in [1.29, 1.82) is 0 Å². The summed E-state index contributed by atoms with van der Waals surface area (Å²) in [6, 6.07) is 12.6. The van der Waals surface area contributed by atoms with E-state index >= 15 is 0 Å². The normalized spacial score (nSPS) is 16.1. The fourth-order valence-corrected chi connectivity index (χ4v) is 2.78. The van der Waals surface area contributed by atoms with E-state index in [1.54, 1.807) is 6.07 Å². The predicted octanol–water partition coefficient (Wildman–Crippen LogP) is 2.95. The number of fused-ring (bicyclic) bond motifs is 1. The van der Waals surface area contributed by atoms with Crippen LogP contribution in [0.25, 0.3) is 0 Å². The molecule has 3 nitrogen and oxygen atoms in total. The van der Waals surface area contributed by atoms with Crippen molar-refractivity contribution in [3.63, 3.8) is 0 Å². The number of carboxylic acid groups (broad SMARTS) is 1. The lowest BCUT2D eigenvalue weighted by atomic mass is 9.77. The molecule has 4 heteroatoms. The van der Waals surface area contributed by atoms with Gasteiger partial charge in [-0.1, -0.05) is 30.3 Å². The smallest absolute Gasteiger partial charge is 0.338 e. The molecule has 0 aromatic heterocycles. The Kier molecular flexibility index (Phi) is 3.71. The van der Waals surface area contributed by atoms with Crippen LogP contribution in [0.3, 0.4) is 0 Å². The molecule has 0 amide bonds. The predicted molar refractivity (Wildman–Crippen MR) is 78.0 cm³/mol. The van der Waals surface area contributed by atoms with E-state index in [2.05, 4.69) is 23.5 Å². The van der Waals surface area contributed by atoms with E-state index in [9.17, 15) is 9.18 Å². The number of carboxylic acids is 1. The van der Waals surface area contributed by atoms with Crippen molar-refractivity contribution in [2.75, 3.05) is 6.54 Å². The van der Waals surface area contributed by atoms with Crippen molar-refractivity contribution in [2.24, 2.45) is 0 Å². The van der Waals surface area contributed by atoms with Crippen LogP contribution in [-0.2, 0) is 13.0 Å². The lowest BCUT2D eigenvalue weighted by Crippen LogP contribution is -2.28. The van der Waals surface area contributed by atoms with Gasteiger partial charge in [0.25, 0.3) is 0 Å². The number of benzene rings is 2. The Hall–Kier alpha value is -2.20. The van der Waals surface area contributed by atoms with Crippen LogP contribution in [0.15, 0.2) is 42.5 Å². The monoisotopic (exact) mass is 285 g/mol. The first-order chi connectivity index (χ1) is 10.1. The Morgan fingerprint density at radius 2 is 2.10 bits per heavy atom. The van der Waals surface area contributed by atoms with Gasteiger partial charge in [-0.05, 0) is 35.2 Å². The Labute approximate surface area is 122 Å². The van der Waals surface area contributed by atoms with Crippen LogP contribution >= 0.6 is 0 Å². The minimum atomic E-state index is -1.24. The first kappa shape index (κ1) is 13.8. The van der Waals surface area contributed by atoms with E-state index in [0.29, 0.717) is 12.5 Å². The molecular weight excluding hydrogens is 269 g/mol. The summed E-state index contributed by atoms with van der Waals surface area (Å²) < 4.78 is 13.6.